The summed E-state index contributed by atoms with van der Waals surface area (Å²) >= 11 is 0. The highest BCUT2D eigenvalue weighted by Gasteiger charge is 2.29. The van der Waals surface area contributed by atoms with E-state index < -0.39 is 11.7 Å². The smallest absolute Gasteiger partial charge is 0.237 e. The van der Waals surface area contributed by atoms with Crippen LogP contribution in [0.3, 0.4) is 0 Å². The number of aliphatic imine (C=N–C) groups is 1. The van der Waals surface area contributed by atoms with E-state index in [9.17, 15) is 13.6 Å². The Morgan fingerprint density at radius 2 is 2.04 bits per heavy atom. The Kier molecular flexibility index (Phi) is 6.36. The molecule has 1 heterocycles. The zero-order valence-corrected chi connectivity index (χ0v) is 15.9. The van der Waals surface area contributed by atoms with E-state index in [1.54, 1.807) is 25.3 Å². The molecule has 1 unspecified atom stereocenters. The fraction of sp³-hybridized carbons (Fsp3) is 0.333. The molecule has 1 amide bonds. The van der Waals surface area contributed by atoms with Gasteiger partial charge in [0.2, 0.25) is 5.91 Å². The highest BCUT2D eigenvalue weighted by molar-refractivity contribution is 6.12. The molecule has 0 saturated carbocycles. The van der Waals surface area contributed by atoms with E-state index in [1.165, 1.54) is 24.4 Å². The predicted octanol–water partition coefficient (Wildman–Crippen LogP) is 4.27. The van der Waals surface area contributed by atoms with Gasteiger partial charge < -0.3 is 15.0 Å². The molecule has 1 atom stereocenters. The van der Waals surface area contributed by atoms with Crippen LogP contribution < -0.4 is 10.2 Å². The van der Waals surface area contributed by atoms with Crippen molar-refractivity contribution in [1.29, 1.82) is 0 Å². The van der Waals surface area contributed by atoms with Crippen molar-refractivity contribution >= 4 is 29.2 Å². The number of ether oxygens (including phenoxy) is 1. The Balaban J connectivity index is 1.78. The molecule has 0 fully saturated rings. The van der Waals surface area contributed by atoms with E-state index in [0.717, 1.165) is 13.0 Å². The number of carbonyl (C=O) groups is 1. The first-order valence-corrected chi connectivity index (χ1v) is 9.21. The molecule has 0 aliphatic carbocycles. The zero-order valence-electron chi connectivity index (χ0n) is 15.9. The highest BCUT2D eigenvalue weighted by atomic mass is 19.1. The van der Waals surface area contributed by atoms with Crippen LogP contribution in [-0.2, 0) is 9.53 Å². The molecule has 0 bridgehead atoms. The van der Waals surface area contributed by atoms with Crippen molar-refractivity contribution in [3.05, 3.63) is 53.6 Å². The maximum atomic E-state index is 14.6. The Bertz CT molecular complexity index is 886. The lowest BCUT2D eigenvalue weighted by Crippen LogP contribution is -2.28. The van der Waals surface area contributed by atoms with Crippen LogP contribution in [0.25, 0.3) is 0 Å². The molecule has 1 aliphatic heterocycles. The third kappa shape index (κ3) is 4.36. The van der Waals surface area contributed by atoms with E-state index >= 15 is 0 Å². The number of carbonyl (C=O) groups excluding carboxylic acids is 1. The van der Waals surface area contributed by atoms with Crippen LogP contribution in [0.15, 0.2) is 41.4 Å². The molecule has 2 aromatic rings. The van der Waals surface area contributed by atoms with Gasteiger partial charge in [-0.25, -0.2) is 8.78 Å². The minimum absolute atomic E-state index is 0.282. The van der Waals surface area contributed by atoms with Crippen molar-refractivity contribution in [2.24, 2.45) is 4.99 Å². The average Bonchev–Trinajstić information content (AvgIpc) is 2.98. The minimum Gasteiger partial charge on any atom is -0.383 e. The fourth-order valence-electron chi connectivity index (χ4n) is 3.22. The third-order valence-electron chi connectivity index (χ3n) is 4.59. The molecule has 0 spiro atoms. The highest BCUT2D eigenvalue weighted by Crippen LogP contribution is 2.32. The monoisotopic (exact) mass is 387 g/mol. The van der Waals surface area contributed by atoms with Gasteiger partial charge in [0, 0.05) is 38.2 Å². The maximum Gasteiger partial charge on any atom is 0.237 e. The maximum absolute atomic E-state index is 14.6. The van der Waals surface area contributed by atoms with Crippen molar-refractivity contribution in [2.75, 3.05) is 37.0 Å². The molecule has 2 aromatic carbocycles. The first-order valence-electron chi connectivity index (χ1n) is 9.21. The summed E-state index contributed by atoms with van der Waals surface area (Å²) in [6.07, 6.45) is 2.35. The van der Waals surface area contributed by atoms with E-state index in [2.05, 4.69) is 10.3 Å². The number of anilines is 2. The minimum atomic E-state index is -0.628. The quantitative estimate of drug-likeness (QED) is 0.689. The van der Waals surface area contributed by atoms with Gasteiger partial charge in [-0.05, 0) is 36.2 Å². The summed E-state index contributed by atoms with van der Waals surface area (Å²) in [5.41, 5.74) is 2.00. The van der Waals surface area contributed by atoms with E-state index in [1.807, 2.05) is 11.8 Å². The fourth-order valence-corrected chi connectivity index (χ4v) is 3.22. The number of methoxy groups -OCH3 is 1. The molecule has 1 aliphatic rings. The Morgan fingerprint density at radius 3 is 2.75 bits per heavy atom. The number of benzene rings is 2. The summed E-state index contributed by atoms with van der Waals surface area (Å²) in [6.45, 7) is 3.86. The lowest BCUT2D eigenvalue weighted by Gasteiger charge is -2.24. The summed E-state index contributed by atoms with van der Waals surface area (Å²) in [4.78, 5) is 18.3. The molecule has 28 heavy (non-hydrogen) atoms. The molecular weight excluding hydrogens is 364 g/mol. The normalized spacial score (nSPS) is 15.7. The van der Waals surface area contributed by atoms with Crippen molar-refractivity contribution in [2.45, 2.75) is 19.3 Å². The van der Waals surface area contributed by atoms with Crippen LogP contribution in [-0.4, -0.2) is 38.9 Å². The Labute approximate surface area is 163 Å². The lowest BCUT2D eigenvalue weighted by atomic mass is 10.0. The molecular formula is C21H23F2N3O2. The van der Waals surface area contributed by atoms with Crippen LogP contribution in [0.1, 0.15) is 24.8 Å². The largest absolute Gasteiger partial charge is 0.383 e. The lowest BCUT2D eigenvalue weighted by molar-refractivity contribution is -0.115. The molecule has 1 N–H and O–H groups in total. The number of nitrogens with one attached hydrogen (secondary N) is 1. The van der Waals surface area contributed by atoms with E-state index in [0.29, 0.717) is 35.8 Å². The van der Waals surface area contributed by atoms with Gasteiger partial charge in [-0.1, -0.05) is 13.0 Å². The van der Waals surface area contributed by atoms with Crippen LogP contribution >= 0.6 is 0 Å². The number of amides is 1. The van der Waals surface area contributed by atoms with E-state index in [4.69, 9.17) is 4.74 Å². The molecule has 0 saturated heterocycles. The molecule has 148 valence electrons. The number of nitrogens with zero attached hydrogens (tertiary/aromatic N) is 2. The zero-order chi connectivity index (χ0) is 20.1. The summed E-state index contributed by atoms with van der Waals surface area (Å²) in [5, 5.41) is 2.63. The van der Waals surface area contributed by atoms with Gasteiger partial charge in [0.25, 0.3) is 0 Å². The van der Waals surface area contributed by atoms with Gasteiger partial charge in [-0.3, -0.25) is 9.79 Å². The molecule has 0 aromatic heterocycles. The Morgan fingerprint density at radius 1 is 1.21 bits per heavy atom. The van der Waals surface area contributed by atoms with Crippen molar-refractivity contribution in [3.63, 3.8) is 0 Å². The number of fused-ring (bicyclic) bond motifs is 1. The third-order valence-corrected chi connectivity index (χ3v) is 4.59. The average molecular weight is 387 g/mol. The van der Waals surface area contributed by atoms with Gasteiger partial charge in [0.15, 0.2) is 0 Å². The second-order valence-electron chi connectivity index (χ2n) is 6.59. The number of rotatable bonds is 8. The van der Waals surface area contributed by atoms with Crippen molar-refractivity contribution in [1.82, 2.24) is 0 Å². The van der Waals surface area contributed by atoms with Gasteiger partial charge in [0.05, 0.1) is 18.0 Å². The van der Waals surface area contributed by atoms with Crippen LogP contribution in [0.2, 0.25) is 0 Å². The van der Waals surface area contributed by atoms with Crippen LogP contribution in [0, 0.1) is 11.6 Å². The van der Waals surface area contributed by atoms with Crippen LogP contribution in [0.4, 0.5) is 25.8 Å². The van der Waals surface area contributed by atoms with Gasteiger partial charge in [-0.15, -0.1) is 0 Å². The summed E-state index contributed by atoms with van der Waals surface area (Å²) in [6, 6.07) is 8.88. The standard InChI is InChI=1S/C21H23F2N3O2/c1-3-8-26(9-10-28-2)20-7-5-15(12-18(20)23)24-13-17-16-6-4-14(22)11-19(16)25-21(17)27/h4-7,11-13,17H,3,8-10H2,1-2H3,(H,25,27). The van der Waals surface area contributed by atoms with Gasteiger partial charge in [-0.2, -0.15) is 0 Å². The second-order valence-corrected chi connectivity index (χ2v) is 6.59. The van der Waals surface area contributed by atoms with Gasteiger partial charge >= 0.3 is 0 Å². The van der Waals surface area contributed by atoms with E-state index in [-0.39, 0.29) is 11.7 Å². The topological polar surface area (TPSA) is 53.9 Å². The van der Waals surface area contributed by atoms with Crippen molar-refractivity contribution in [3.8, 4) is 0 Å². The molecule has 0 radical (unpaired) electrons. The summed E-state index contributed by atoms with van der Waals surface area (Å²) in [5.74, 6) is -1.70. The predicted molar refractivity (Wildman–Crippen MR) is 107 cm³/mol. The molecule has 5 nitrogen and oxygen atoms in total. The Hall–Kier alpha value is -2.80. The first kappa shape index (κ1) is 19.9. The van der Waals surface area contributed by atoms with Crippen molar-refractivity contribution < 1.29 is 18.3 Å². The molecule has 7 heteroatoms. The van der Waals surface area contributed by atoms with Crippen LogP contribution in [0.5, 0.6) is 0 Å². The second kappa shape index (κ2) is 8.93. The summed E-state index contributed by atoms with van der Waals surface area (Å²) in [7, 11) is 1.62. The first-order chi connectivity index (χ1) is 13.5. The number of hydrogen-bond acceptors (Lipinski definition) is 4. The summed E-state index contributed by atoms with van der Waals surface area (Å²) < 4.78 is 33.0. The molecule has 3 rings (SSSR count). The number of hydrogen-bond donors (Lipinski definition) is 1. The SMILES string of the molecule is CCCN(CCOC)c1ccc(N=CC2C(=O)Nc3cc(F)ccc32)cc1F. The van der Waals surface area contributed by atoms with Gasteiger partial charge in [0.1, 0.15) is 17.6 Å². The number of halogens is 2.